The molecule has 1 aliphatic heterocycles. The third kappa shape index (κ3) is 5.47. The summed E-state index contributed by atoms with van der Waals surface area (Å²) >= 11 is 0. The molecule has 1 saturated heterocycles. The van der Waals surface area contributed by atoms with Crippen LogP contribution in [0.1, 0.15) is 52.9 Å². The van der Waals surface area contributed by atoms with E-state index in [1.165, 1.54) is 6.42 Å². The standard InChI is InChI=1S/C16H30N2O3/c1-15(2,3)21-14(19)18-16(7-4-8-16)12-17-11-13-5-9-20-10-6-13/h13,17H,4-12H2,1-3H3,(H,18,19). The fourth-order valence-corrected chi connectivity index (χ4v) is 2.94. The van der Waals surface area contributed by atoms with Crippen molar-refractivity contribution in [1.82, 2.24) is 10.6 Å². The van der Waals surface area contributed by atoms with E-state index < -0.39 is 5.60 Å². The molecule has 122 valence electrons. The van der Waals surface area contributed by atoms with Crippen LogP contribution in [0.2, 0.25) is 0 Å². The highest BCUT2D eigenvalue weighted by molar-refractivity contribution is 5.69. The molecule has 2 fully saturated rings. The largest absolute Gasteiger partial charge is 0.444 e. The fourth-order valence-electron chi connectivity index (χ4n) is 2.94. The molecule has 1 heterocycles. The molecule has 1 saturated carbocycles. The smallest absolute Gasteiger partial charge is 0.408 e. The van der Waals surface area contributed by atoms with E-state index in [9.17, 15) is 4.79 Å². The van der Waals surface area contributed by atoms with E-state index in [0.717, 1.165) is 52.0 Å². The number of ether oxygens (including phenoxy) is 2. The van der Waals surface area contributed by atoms with Gasteiger partial charge in [0.25, 0.3) is 0 Å². The van der Waals surface area contributed by atoms with Crippen molar-refractivity contribution in [2.45, 2.75) is 64.0 Å². The number of nitrogens with one attached hydrogen (secondary N) is 2. The molecule has 0 atom stereocenters. The van der Waals surface area contributed by atoms with E-state index in [0.29, 0.717) is 5.92 Å². The normalized spacial score (nSPS) is 22.4. The van der Waals surface area contributed by atoms with Crippen molar-refractivity contribution in [2.75, 3.05) is 26.3 Å². The first kappa shape index (κ1) is 16.6. The topological polar surface area (TPSA) is 59.6 Å². The molecule has 21 heavy (non-hydrogen) atoms. The molecular formula is C16H30N2O3. The van der Waals surface area contributed by atoms with Gasteiger partial charge in [0.05, 0.1) is 5.54 Å². The molecular weight excluding hydrogens is 268 g/mol. The van der Waals surface area contributed by atoms with Crippen LogP contribution in [0, 0.1) is 5.92 Å². The number of hydrogen-bond acceptors (Lipinski definition) is 4. The first-order valence-corrected chi connectivity index (χ1v) is 8.18. The van der Waals surface area contributed by atoms with Crippen molar-refractivity contribution < 1.29 is 14.3 Å². The van der Waals surface area contributed by atoms with Gasteiger partial charge in [0.1, 0.15) is 5.60 Å². The highest BCUT2D eigenvalue weighted by atomic mass is 16.6. The van der Waals surface area contributed by atoms with Crippen LogP contribution in [0.4, 0.5) is 4.79 Å². The number of carbonyl (C=O) groups excluding carboxylic acids is 1. The first-order valence-electron chi connectivity index (χ1n) is 8.18. The zero-order valence-corrected chi connectivity index (χ0v) is 13.7. The molecule has 1 amide bonds. The summed E-state index contributed by atoms with van der Waals surface area (Å²) in [4.78, 5) is 12.0. The Kier molecular flexibility index (Phi) is 5.49. The summed E-state index contributed by atoms with van der Waals surface area (Å²) in [6.45, 7) is 9.29. The Morgan fingerprint density at radius 3 is 2.48 bits per heavy atom. The zero-order chi connectivity index (χ0) is 15.3. The predicted molar refractivity (Wildman–Crippen MR) is 82.4 cm³/mol. The van der Waals surface area contributed by atoms with Gasteiger partial charge < -0.3 is 20.1 Å². The predicted octanol–water partition coefficient (Wildman–Crippen LogP) is 2.45. The minimum atomic E-state index is -0.440. The van der Waals surface area contributed by atoms with Gasteiger partial charge in [-0.2, -0.15) is 0 Å². The van der Waals surface area contributed by atoms with Gasteiger partial charge in [0.15, 0.2) is 0 Å². The Bertz CT molecular complexity index is 342. The molecule has 0 aromatic heterocycles. The molecule has 0 aromatic carbocycles. The SMILES string of the molecule is CC(C)(C)OC(=O)NC1(CNCC2CCOCC2)CCC1. The van der Waals surface area contributed by atoms with E-state index >= 15 is 0 Å². The summed E-state index contributed by atoms with van der Waals surface area (Å²) in [5, 5.41) is 6.62. The van der Waals surface area contributed by atoms with Crippen LogP contribution in [0.3, 0.4) is 0 Å². The van der Waals surface area contributed by atoms with Gasteiger partial charge in [-0.3, -0.25) is 0 Å². The second kappa shape index (κ2) is 6.97. The summed E-state index contributed by atoms with van der Waals surface area (Å²) in [6.07, 6.45) is 5.23. The molecule has 0 spiro atoms. The first-order chi connectivity index (χ1) is 9.89. The van der Waals surface area contributed by atoms with Crippen molar-refractivity contribution in [2.24, 2.45) is 5.92 Å². The Morgan fingerprint density at radius 1 is 1.29 bits per heavy atom. The lowest BCUT2D eigenvalue weighted by molar-refractivity contribution is 0.0374. The monoisotopic (exact) mass is 298 g/mol. The molecule has 0 radical (unpaired) electrons. The van der Waals surface area contributed by atoms with Crippen LogP contribution in [0.25, 0.3) is 0 Å². The van der Waals surface area contributed by atoms with Gasteiger partial charge in [0.2, 0.25) is 0 Å². The zero-order valence-electron chi connectivity index (χ0n) is 13.7. The minimum absolute atomic E-state index is 0.104. The summed E-state index contributed by atoms with van der Waals surface area (Å²) in [5.74, 6) is 0.706. The van der Waals surface area contributed by atoms with Crippen molar-refractivity contribution >= 4 is 6.09 Å². The Morgan fingerprint density at radius 2 is 1.95 bits per heavy atom. The van der Waals surface area contributed by atoms with Crippen LogP contribution in [-0.4, -0.2) is 43.5 Å². The van der Waals surface area contributed by atoms with Gasteiger partial charge in [0, 0.05) is 19.8 Å². The fraction of sp³-hybridized carbons (Fsp3) is 0.938. The average Bonchev–Trinajstić information content (AvgIpc) is 2.34. The lowest BCUT2D eigenvalue weighted by Crippen LogP contribution is -2.60. The number of alkyl carbamates (subject to hydrolysis) is 1. The van der Waals surface area contributed by atoms with Gasteiger partial charge in [-0.15, -0.1) is 0 Å². The van der Waals surface area contributed by atoms with Crippen molar-refractivity contribution in [1.29, 1.82) is 0 Å². The summed E-state index contributed by atoms with van der Waals surface area (Å²) in [7, 11) is 0. The van der Waals surface area contributed by atoms with E-state index in [2.05, 4.69) is 10.6 Å². The molecule has 0 aromatic rings. The quantitative estimate of drug-likeness (QED) is 0.818. The van der Waals surface area contributed by atoms with Crippen LogP contribution in [0.15, 0.2) is 0 Å². The van der Waals surface area contributed by atoms with Crippen molar-refractivity contribution in [3.05, 3.63) is 0 Å². The van der Waals surface area contributed by atoms with Crippen LogP contribution >= 0.6 is 0 Å². The number of hydrogen-bond donors (Lipinski definition) is 2. The van der Waals surface area contributed by atoms with Gasteiger partial charge in [-0.25, -0.2) is 4.79 Å². The Labute approximate surface area is 128 Å². The maximum atomic E-state index is 12.0. The maximum Gasteiger partial charge on any atom is 0.408 e. The number of rotatable bonds is 5. The van der Waals surface area contributed by atoms with Crippen LogP contribution in [-0.2, 0) is 9.47 Å². The van der Waals surface area contributed by atoms with E-state index in [1.807, 2.05) is 20.8 Å². The molecule has 0 bridgehead atoms. The molecule has 2 aliphatic rings. The van der Waals surface area contributed by atoms with Gasteiger partial charge in [-0.1, -0.05) is 0 Å². The molecule has 5 heteroatoms. The number of amides is 1. The molecule has 1 aliphatic carbocycles. The van der Waals surface area contributed by atoms with Crippen molar-refractivity contribution in [3.8, 4) is 0 Å². The summed E-state index contributed by atoms with van der Waals surface area (Å²) in [6, 6.07) is 0. The van der Waals surface area contributed by atoms with Gasteiger partial charge in [-0.05, 0) is 65.3 Å². The third-order valence-corrected chi connectivity index (χ3v) is 4.31. The van der Waals surface area contributed by atoms with E-state index in [4.69, 9.17) is 9.47 Å². The lowest BCUT2D eigenvalue weighted by atomic mass is 9.76. The Balaban J connectivity index is 1.72. The molecule has 2 N–H and O–H groups in total. The van der Waals surface area contributed by atoms with Gasteiger partial charge >= 0.3 is 6.09 Å². The van der Waals surface area contributed by atoms with E-state index in [1.54, 1.807) is 0 Å². The highest BCUT2D eigenvalue weighted by Crippen LogP contribution is 2.31. The molecule has 5 nitrogen and oxygen atoms in total. The van der Waals surface area contributed by atoms with E-state index in [-0.39, 0.29) is 11.6 Å². The minimum Gasteiger partial charge on any atom is -0.444 e. The number of carbonyl (C=O) groups is 1. The molecule has 2 rings (SSSR count). The second-order valence-electron chi connectivity index (χ2n) is 7.45. The van der Waals surface area contributed by atoms with Crippen LogP contribution < -0.4 is 10.6 Å². The summed E-state index contributed by atoms with van der Waals surface area (Å²) < 4.78 is 10.7. The van der Waals surface area contributed by atoms with Crippen LogP contribution in [0.5, 0.6) is 0 Å². The average molecular weight is 298 g/mol. The molecule has 0 unspecified atom stereocenters. The lowest BCUT2D eigenvalue weighted by Gasteiger charge is -2.43. The Hall–Kier alpha value is -0.810. The third-order valence-electron chi connectivity index (χ3n) is 4.31. The maximum absolute atomic E-state index is 12.0. The summed E-state index contributed by atoms with van der Waals surface area (Å²) in [5.41, 5.74) is -0.544. The highest BCUT2D eigenvalue weighted by Gasteiger charge is 2.39. The van der Waals surface area contributed by atoms with Crippen molar-refractivity contribution in [3.63, 3.8) is 0 Å². The second-order valence-corrected chi connectivity index (χ2v) is 7.45.